The highest BCUT2D eigenvalue weighted by Gasteiger charge is 2.27. The van der Waals surface area contributed by atoms with Crippen LogP contribution < -0.4 is 4.90 Å². The van der Waals surface area contributed by atoms with E-state index in [1.54, 1.807) is 12.1 Å². The van der Waals surface area contributed by atoms with Crippen LogP contribution in [0.4, 0.5) is 5.82 Å². The van der Waals surface area contributed by atoms with Crippen LogP contribution in [0.3, 0.4) is 0 Å². The van der Waals surface area contributed by atoms with Gasteiger partial charge in [0.15, 0.2) is 0 Å². The van der Waals surface area contributed by atoms with Gasteiger partial charge in [-0.1, -0.05) is 0 Å². The third kappa shape index (κ3) is 4.27. The molecule has 0 N–H and O–H groups in total. The summed E-state index contributed by atoms with van der Waals surface area (Å²) >= 11 is 0. The van der Waals surface area contributed by atoms with Gasteiger partial charge in [0.2, 0.25) is 10.0 Å². The molecule has 0 bridgehead atoms. The first kappa shape index (κ1) is 18.1. The molecular weight excluding hydrogens is 342 g/mol. The normalized spacial score (nSPS) is 20.4. The lowest BCUT2D eigenvalue weighted by molar-refractivity contribution is 0.0730. The van der Waals surface area contributed by atoms with Gasteiger partial charge >= 0.3 is 0 Å². The summed E-state index contributed by atoms with van der Waals surface area (Å²) in [4.78, 5) is 9.00. The number of anilines is 1. The van der Waals surface area contributed by atoms with Crippen molar-refractivity contribution in [1.82, 2.24) is 14.2 Å². The minimum Gasteiger partial charge on any atom is -0.379 e. The zero-order valence-corrected chi connectivity index (χ0v) is 15.0. The van der Waals surface area contributed by atoms with Crippen LogP contribution in [0.15, 0.2) is 23.2 Å². The molecule has 25 heavy (non-hydrogen) atoms. The van der Waals surface area contributed by atoms with Gasteiger partial charge < -0.3 is 9.64 Å². The average molecular weight is 365 g/mol. The Morgan fingerprint density at radius 1 is 1.12 bits per heavy atom. The monoisotopic (exact) mass is 365 g/mol. The molecule has 0 radical (unpaired) electrons. The average Bonchev–Trinajstić information content (AvgIpc) is 2.67. The molecule has 0 amide bonds. The van der Waals surface area contributed by atoms with Crippen molar-refractivity contribution < 1.29 is 13.2 Å². The zero-order valence-electron chi connectivity index (χ0n) is 14.2. The Labute approximate surface area is 148 Å². The fourth-order valence-electron chi connectivity index (χ4n) is 3.06. The van der Waals surface area contributed by atoms with Gasteiger partial charge in [-0.2, -0.15) is 9.57 Å². The number of nitrogens with zero attached hydrogens (tertiary/aromatic N) is 5. The van der Waals surface area contributed by atoms with Crippen LogP contribution in [-0.4, -0.2) is 81.6 Å². The number of pyridine rings is 1. The van der Waals surface area contributed by atoms with Gasteiger partial charge in [-0.25, -0.2) is 13.4 Å². The summed E-state index contributed by atoms with van der Waals surface area (Å²) in [6.07, 6.45) is 1.99. The number of hydrogen-bond donors (Lipinski definition) is 0. The van der Waals surface area contributed by atoms with E-state index in [-0.39, 0.29) is 4.90 Å². The number of morpholine rings is 1. The molecule has 1 aromatic heterocycles. The van der Waals surface area contributed by atoms with Gasteiger partial charge in [0.05, 0.1) is 19.3 Å². The van der Waals surface area contributed by atoms with Crippen LogP contribution in [0.25, 0.3) is 0 Å². The van der Waals surface area contributed by atoms with Crippen molar-refractivity contribution in [2.45, 2.75) is 11.3 Å². The second kappa shape index (κ2) is 8.10. The fraction of sp³-hybridized carbons (Fsp3) is 0.625. The number of aromatic nitrogens is 1. The van der Waals surface area contributed by atoms with E-state index in [0.717, 1.165) is 38.5 Å². The van der Waals surface area contributed by atoms with Crippen molar-refractivity contribution in [3.63, 3.8) is 0 Å². The van der Waals surface area contributed by atoms with Crippen LogP contribution >= 0.6 is 0 Å². The molecule has 136 valence electrons. The molecule has 2 fully saturated rings. The molecule has 9 heteroatoms. The van der Waals surface area contributed by atoms with E-state index < -0.39 is 10.0 Å². The molecule has 3 heterocycles. The van der Waals surface area contributed by atoms with Crippen molar-refractivity contribution in [3.05, 3.63) is 18.3 Å². The molecule has 0 saturated carbocycles. The molecule has 0 atom stereocenters. The Kier molecular flexibility index (Phi) is 5.86. The van der Waals surface area contributed by atoms with E-state index in [2.05, 4.69) is 20.9 Å². The molecule has 8 nitrogen and oxygen atoms in total. The highest BCUT2D eigenvalue weighted by molar-refractivity contribution is 7.89. The Hall–Kier alpha value is -1.73. The topological polar surface area (TPSA) is 89.8 Å². The number of ether oxygens (including phenoxy) is 1. The number of rotatable bonds is 5. The maximum atomic E-state index is 12.6. The van der Waals surface area contributed by atoms with Crippen LogP contribution in [-0.2, 0) is 14.8 Å². The predicted octanol–water partition coefficient (Wildman–Crippen LogP) is 0.138. The van der Waals surface area contributed by atoms with Gasteiger partial charge in [0, 0.05) is 58.4 Å². The quantitative estimate of drug-likeness (QED) is 0.733. The predicted molar refractivity (Wildman–Crippen MR) is 92.7 cm³/mol. The van der Waals surface area contributed by atoms with E-state index in [0.29, 0.717) is 32.7 Å². The van der Waals surface area contributed by atoms with Gasteiger partial charge in [0.1, 0.15) is 10.7 Å². The van der Waals surface area contributed by atoms with Crippen molar-refractivity contribution in [2.24, 2.45) is 0 Å². The molecule has 0 aromatic carbocycles. The maximum absolute atomic E-state index is 12.6. The molecule has 1 aromatic rings. The van der Waals surface area contributed by atoms with E-state index in [1.807, 2.05) is 0 Å². The summed E-state index contributed by atoms with van der Waals surface area (Å²) < 4.78 is 31.9. The fourth-order valence-corrected chi connectivity index (χ4v) is 4.41. The Morgan fingerprint density at radius 2 is 1.84 bits per heavy atom. The van der Waals surface area contributed by atoms with Crippen LogP contribution in [0.2, 0.25) is 0 Å². The number of sulfonamides is 1. The summed E-state index contributed by atoms with van der Waals surface area (Å²) in [6, 6.07) is 5.58. The van der Waals surface area contributed by atoms with E-state index in [9.17, 15) is 8.42 Å². The Bertz CT molecular complexity index is 702. The van der Waals surface area contributed by atoms with Gasteiger partial charge in [-0.15, -0.1) is 0 Å². The van der Waals surface area contributed by atoms with Crippen molar-refractivity contribution >= 4 is 15.8 Å². The minimum absolute atomic E-state index is 0.228. The molecule has 2 aliphatic heterocycles. The number of hydrogen-bond acceptors (Lipinski definition) is 7. The summed E-state index contributed by atoms with van der Waals surface area (Å²) in [5.41, 5.74) is 0. The second-order valence-corrected chi connectivity index (χ2v) is 8.04. The standard InChI is InChI=1S/C16H23N5O3S/c17-4-1-5-19-6-8-20(9-7-19)16-3-2-15(14-18-16)25(22,23)21-10-12-24-13-11-21/h2-3,14H,1,5-13H2. The van der Waals surface area contributed by atoms with E-state index in [4.69, 9.17) is 10.00 Å². The lowest BCUT2D eigenvalue weighted by Crippen LogP contribution is -2.46. The van der Waals surface area contributed by atoms with Crippen molar-refractivity contribution in [1.29, 1.82) is 5.26 Å². The third-order valence-electron chi connectivity index (χ3n) is 4.56. The van der Waals surface area contributed by atoms with E-state index >= 15 is 0 Å². The SMILES string of the molecule is N#CCCN1CCN(c2ccc(S(=O)(=O)N3CCOCC3)cn2)CC1. The van der Waals surface area contributed by atoms with Gasteiger partial charge in [0.25, 0.3) is 0 Å². The molecule has 2 saturated heterocycles. The lowest BCUT2D eigenvalue weighted by atomic mass is 10.3. The summed E-state index contributed by atoms with van der Waals surface area (Å²) in [5.74, 6) is 0.792. The first-order chi connectivity index (χ1) is 12.1. The third-order valence-corrected chi connectivity index (χ3v) is 6.45. The minimum atomic E-state index is -3.50. The number of piperazine rings is 1. The Morgan fingerprint density at radius 3 is 2.44 bits per heavy atom. The summed E-state index contributed by atoms with van der Waals surface area (Å²) in [7, 11) is -3.50. The molecular formula is C16H23N5O3S. The zero-order chi connectivity index (χ0) is 17.7. The maximum Gasteiger partial charge on any atom is 0.244 e. The lowest BCUT2D eigenvalue weighted by Gasteiger charge is -2.35. The highest BCUT2D eigenvalue weighted by atomic mass is 32.2. The first-order valence-electron chi connectivity index (χ1n) is 8.49. The summed E-state index contributed by atoms with van der Waals surface area (Å²) in [6.45, 7) is 5.86. The molecule has 2 aliphatic rings. The molecule has 0 spiro atoms. The largest absolute Gasteiger partial charge is 0.379 e. The molecule has 0 unspecified atom stereocenters. The number of nitriles is 1. The van der Waals surface area contributed by atoms with Crippen molar-refractivity contribution in [2.75, 3.05) is 63.9 Å². The van der Waals surface area contributed by atoms with Gasteiger partial charge in [-0.3, -0.25) is 4.90 Å². The first-order valence-corrected chi connectivity index (χ1v) is 9.93. The second-order valence-electron chi connectivity index (χ2n) is 6.11. The summed E-state index contributed by atoms with van der Waals surface area (Å²) in [5, 5.41) is 8.66. The van der Waals surface area contributed by atoms with Crippen LogP contribution in [0.5, 0.6) is 0 Å². The van der Waals surface area contributed by atoms with Gasteiger partial charge in [-0.05, 0) is 12.1 Å². The molecule has 3 rings (SSSR count). The van der Waals surface area contributed by atoms with Crippen LogP contribution in [0.1, 0.15) is 6.42 Å². The van der Waals surface area contributed by atoms with E-state index in [1.165, 1.54) is 10.5 Å². The smallest absolute Gasteiger partial charge is 0.244 e. The molecule has 0 aliphatic carbocycles. The van der Waals surface area contributed by atoms with Crippen LogP contribution in [0, 0.1) is 11.3 Å². The highest BCUT2D eigenvalue weighted by Crippen LogP contribution is 2.20. The Balaban J connectivity index is 1.62. The van der Waals surface area contributed by atoms with Crippen molar-refractivity contribution in [3.8, 4) is 6.07 Å².